The third kappa shape index (κ3) is 3.26. The molecule has 2 rings (SSSR count). The lowest BCUT2D eigenvalue weighted by atomic mass is 10.2. The SMILES string of the molecule is CN(Cc1ccncc1)Cc1ccc(C=O)o1. The zero-order chi connectivity index (χ0) is 12.1. The van der Waals surface area contributed by atoms with Crippen LogP contribution in [-0.4, -0.2) is 23.2 Å². The van der Waals surface area contributed by atoms with Gasteiger partial charge in [-0.1, -0.05) is 0 Å². The average molecular weight is 230 g/mol. The van der Waals surface area contributed by atoms with Gasteiger partial charge in [0.25, 0.3) is 0 Å². The van der Waals surface area contributed by atoms with Crippen LogP contribution in [0.15, 0.2) is 41.1 Å². The van der Waals surface area contributed by atoms with Crippen molar-refractivity contribution in [3.63, 3.8) is 0 Å². The molecule has 2 aromatic heterocycles. The summed E-state index contributed by atoms with van der Waals surface area (Å²) in [7, 11) is 2.00. The number of furan rings is 1. The summed E-state index contributed by atoms with van der Waals surface area (Å²) in [5.74, 6) is 1.17. The third-order valence-electron chi connectivity index (χ3n) is 2.43. The van der Waals surface area contributed by atoms with Crippen LogP contribution in [0.5, 0.6) is 0 Å². The molecule has 4 nitrogen and oxygen atoms in total. The first-order valence-corrected chi connectivity index (χ1v) is 5.39. The molecule has 4 heteroatoms. The fraction of sp³-hybridized carbons (Fsp3) is 0.231. The van der Waals surface area contributed by atoms with E-state index in [1.165, 1.54) is 5.56 Å². The van der Waals surface area contributed by atoms with Gasteiger partial charge in [-0.25, -0.2) is 0 Å². The molecule has 0 radical (unpaired) electrons. The van der Waals surface area contributed by atoms with Gasteiger partial charge in [0.2, 0.25) is 0 Å². The number of hydrogen-bond donors (Lipinski definition) is 0. The maximum Gasteiger partial charge on any atom is 0.185 e. The third-order valence-corrected chi connectivity index (χ3v) is 2.43. The first-order chi connectivity index (χ1) is 8.28. The van der Waals surface area contributed by atoms with Crippen molar-refractivity contribution in [2.45, 2.75) is 13.1 Å². The van der Waals surface area contributed by atoms with Crippen molar-refractivity contribution in [2.24, 2.45) is 0 Å². The van der Waals surface area contributed by atoms with E-state index in [0.29, 0.717) is 18.6 Å². The van der Waals surface area contributed by atoms with Crippen LogP contribution in [0.2, 0.25) is 0 Å². The highest BCUT2D eigenvalue weighted by Crippen LogP contribution is 2.10. The molecule has 0 saturated carbocycles. The van der Waals surface area contributed by atoms with Crippen molar-refractivity contribution in [2.75, 3.05) is 7.05 Å². The molecule has 17 heavy (non-hydrogen) atoms. The summed E-state index contributed by atoms with van der Waals surface area (Å²) in [6, 6.07) is 7.47. The number of carbonyl (C=O) groups is 1. The number of aromatic nitrogens is 1. The predicted molar refractivity (Wildman–Crippen MR) is 63.5 cm³/mol. The van der Waals surface area contributed by atoms with Crippen LogP contribution >= 0.6 is 0 Å². The van der Waals surface area contributed by atoms with Gasteiger partial charge in [-0.15, -0.1) is 0 Å². The fourth-order valence-electron chi connectivity index (χ4n) is 1.66. The maximum atomic E-state index is 10.5. The molecule has 0 atom stereocenters. The zero-order valence-electron chi connectivity index (χ0n) is 9.67. The van der Waals surface area contributed by atoms with Gasteiger partial charge in [0, 0.05) is 18.9 Å². The second kappa shape index (κ2) is 5.41. The molecule has 0 aliphatic heterocycles. The molecular formula is C13H14N2O2. The van der Waals surface area contributed by atoms with Crippen molar-refractivity contribution in [3.8, 4) is 0 Å². The highest BCUT2D eigenvalue weighted by molar-refractivity contribution is 5.70. The van der Waals surface area contributed by atoms with Crippen LogP contribution in [0.4, 0.5) is 0 Å². The Balaban J connectivity index is 1.93. The summed E-state index contributed by atoms with van der Waals surface area (Å²) in [4.78, 5) is 16.6. The van der Waals surface area contributed by atoms with E-state index in [0.717, 1.165) is 12.3 Å². The second-order valence-electron chi connectivity index (χ2n) is 3.95. The Morgan fingerprint density at radius 2 is 2.00 bits per heavy atom. The highest BCUT2D eigenvalue weighted by Gasteiger charge is 2.05. The van der Waals surface area contributed by atoms with E-state index in [4.69, 9.17) is 4.42 Å². The quantitative estimate of drug-likeness (QED) is 0.738. The van der Waals surface area contributed by atoms with E-state index in [1.54, 1.807) is 18.5 Å². The van der Waals surface area contributed by atoms with Crippen molar-refractivity contribution in [1.29, 1.82) is 0 Å². The van der Waals surface area contributed by atoms with E-state index >= 15 is 0 Å². The number of pyridine rings is 1. The van der Waals surface area contributed by atoms with Crippen molar-refractivity contribution in [3.05, 3.63) is 53.7 Å². The Kier molecular flexibility index (Phi) is 3.67. The first-order valence-electron chi connectivity index (χ1n) is 5.39. The van der Waals surface area contributed by atoms with E-state index in [-0.39, 0.29) is 0 Å². The molecule has 2 heterocycles. The minimum atomic E-state index is 0.373. The molecule has 0 spiro atoms. The minimum absolute atomic E-state index is 0.373. The fourth-order valence-corrected chi connectivity index (χ4v) is 1.66. The molecule has 0 fully saturated rings. The van der Waals surface area contributed by atoms with Crippen LogP contribution in [0, 0.1) is 0 Å². The van der Waals surface area contributed by atoms with Gasteiger partial charge in [0.15, 0.2) is 12.0 Å². The monoisotopic (exact) mass is 230 g/mol. The number of nitrogens with zero attached hydrogens (tertiary/aromatic N) is 2. The molecule has 0 aliphatic carbocycles. The van der Waals surface area contributed by atoms with Crippen LogP contribution in [-0.2, 0) is 13.1 Å². The summed E-state index contributed by atoms with van der Waals surface area (Å²) in [6.45, 7) is 1.50. The van der Waals surface area contributed by atoms with Gasteiger partial charge in [-0.05, 0) is 36.9 Å². The van der Waals surface area contributed by atoms with Crippen LogP contribution in [0.1, 0.15) is 21.9 Å². The summed E-state index contributed by atoms with van der Waals surface area (Å²) in [5, 5.41) is 0. The van der Waals surface area contributed by atoms with Crippen molar-refractivity contribution in [1.82, 2.24) is 9.88 Å². The molecule has 0 unspecified atom stereocenters. The van der Waals surface area contributed by atoms with Gasteiger partial charge < -0.3 is 4.42 Å². The van der Waals surface area contributed by atoms with Gasteiger partial charge >= 0.3 is 0 Å². The summed E-state index contributed by atoms with van der Waals surface area (Å²) in [6.07, 6.45) is 4.27. The zero-order valence-corrected chi connectivity index (χ0v) is 9.67. The van der Waals surface area contributed by atoms with Crippen LogP contribution in [0.25, 0.3) is 0 Å². The lowest BCUT2D eigenvalue weighted by Crippen LogP contribution is -2.16. The van der Waals surface area contributed by atoms with E-state index in [2.05, 4.69) is 9.88 Å². The Morgan fingerprint density at radius 3 is 2.65 bits per heavy atom. The Labute approximate surface area is 99.9 Å². The average Bonchev–Trinajstić information content (AvgIpc) is 2.78. The molecule has 88 valence electrons. The maximum absolute atomic E-state index is 10.5. The predicted octanol–water partition coefficient (Wildman–Crippen LogP) is 2.12. The van der Waals surface area contributed by atoms with Gasteiger partial charge in [-0.3, -0.25) is 14.7 Å². The Bertz CT molecular complexity index is 479. The molecule has 0 amide bonds. The van der Waals surface area contributed by atoms with Gasteiger partial charge in [-0.2, -0.15) is 0 Å². The number of carbonyl (C=O) groups excluding carboxylic acids is 1. The van der Waals surface area contributed by atoms with Gasteiger partial charge in [0.1, 0.15) is 5.76 Å². The van der Waals surface area contributed by atoms with Crippen molar-refractivity contribution >= 4 is 6.29 Å². The van der Waals surface area contributed by atoms with E-state index < -0.39 is 0 Å². The minimum Gasteiger partial charge on any atom is -0.457 e. The first kappa shape index (κ1) is 11.5. The summed E-state index contributed by atoms with van der Waals surface area (Å²) >= 11 is 0. The number of hydrogen-bond acceptors (Lipinski definition) is 4. The van der Waals surface area contributed by atoms with Crippen LogP contribution in [0.3, 0.4) is 0 Å². The normalized spacial score (nSPS) is 10.7. The van der Waals surface area contributed by atoms with E-state index in [9.17, 15) is 4.79 Å². The standard InChI is InChI=1S/C13H14N2O2/c1-15(8-11-4-6-14-7-5-11)9-12-2-3-13(10-16)17-12/h2-7,10H,8-9H2,1H3. The Morgan fingerprint density at radius 1 is 1.24 bits per heavy atom. The topological polar surface area (TPSA) is 46.3 Å². The molecule has 0 bridgehead atoms. The number of aldehydes is 1. The summed E-state index contributed by atoms with van der Waals surface area (Å²) in [5.41, 5.74) is 1.20. The second-order valence-corrected chi connectivity index (χ2v) is 3.95. The molecule has 2 aromatic rings. The molecular weight excluding hydrogens is 216 g/mol. The number of rotatable bonds is 5. The smallest absolute Gasteiger partial charge is 0.185 e. The molecule has 0 N–H and O–H groups in total. The largest absolute Gasteiger partial charge is 0.457 e. The molecule has 0 aliphatic rings. The lowest BCUT2D eigenvalue weighted by molar-refractivity contribution is 0.109. The molecule has 0 saturated heterocycles. The van der Waals surface area contributed by atoms with Crippen molar-refractivity contribution < 1.29 is 9.21 Å². The summed E-state index contributed by atoms with van der Waals surface area (Å²) < 4.78 is 5.32. The lowest BCUT2D eigenvalue weighted by Gasteiger charge is -2.14. The Hall–Kier alpha value is -1.94. The van der Waals surface area contributed by atoms with Gasteiger partial charge in [0.05, 0.1) is 6.54 Å². The van der Waals surface area contributed by atoms with Crippen LogP contribution < -0.4 is 0 Å². The highest BCUT2D eigenvalue weighted by atomic mass is 16.3. The molecule has 0 aromatic carbocycles. The van der Waals surface area contributed by atoms with E-state index in [1.807, 2.05) is 25.2 Å².